The van der Waals surface area contributed by atoms with Gasteiger partial charge < -0.3 is 4.74 Å². The van der Waals surface area contributed by atoms with E-state index in [1.807, 2.05) is 30.3 Å². The number of nitrogens with zero attached hydrogens (tertiary/aromatic N) is 3. The summed E-state index contributed by atoms with van der Waals surface area (Å²) < 4.78 is 5.80. The summed E-state index contributed by atoms with van der Waals surface area (Å²) in [6, 6.07) is 17.2. The molecule has 0 fully saturated rings. The number of benzene rings is 2. The average molecular weight is 447 g/mol. The summed E-state index contributed by atoms with van der Waals surface area (Å²) in [6.45, 7) is 3.16. The molecule has 0 unspecified atom stereocenters. The molecule has 2 aromatic carbocycles. The summed E-state index contributed by atoms with van der Waals surface area (Å²) in [5.74, 6) is 0.718. The second kappa shape index (κ2) is 10.0. The van der Waals surface area contributed by atoms with Crippen LogP contribution in [0.25, 0.3) is 11.3 Å². The smallest absolute Gasteiger partial charge is 0.151 e. The van der Waals surface area contributed by atoms with E-state index in [1.165, 1.54) is 0 Å². The minimum atomic E-state index is 0.121. The van der Waals surface area contributed by atoms with Gasteiger partial charge in [-0.15, -0.1) is 0 Å². The predicted molar refractivity (Wildman–Crippen MR) is 116 cm³/mol. The Morgan fingerprint density at radius 2 is 1.79 bits per heavy atom. The van der Waals surface area contributed by atoms with Gasteiger partial charge in [0.15, 0.2) is 5.15 Å². The quantitative estimate of drug-likeness (QED) is 0.396. The zero-order valence-electron chi connectivity index (χ0n) is 15.7. The molecular formula is C22H18Cl3N3O. The lowest BCUT2D eigenvalue weighted by molar-refractivity contribution is 0.0916. The topological polar surface area (TPSA) is 58.8 Å². The Labute approximate surface area is 185 Å². The molecule has 0 N–H and O–H groups in total. The van der Waals surface area contributed by atoms with Crippen LogP contribution in [0.2, 0.25) is 15.2 Å². The van der Waals surface area contributed by atoms with E-state index in [0.717, 1.165) is 5.56 Å². The van der Waals surface area contributed by atoms with E-state index in [9.17, 15) is 5.26 Å². The van der Waals surface area contributed by atoms with E-state index in [1.54, 1.807) is 18.2 Å². The molecule has 1 heterocycles. The molecule has 0 saturated heterocycles. The van der Waals surface area contributed by atoms with Crippen molar-refractivity contribution in [2.24, 2.45) is 5.92 Å². The molecule has 0 aliphatic heterocycles. The molecule has 0 radical (unpaired) electrons. The molecule has 0 bridgehead atoms. The molecule has 0 saturated carbocycles. The fraction of sp³-hybridized carbons (Fsp3) is 0.227. The highest BCUT2D eigenvalue weighted by atomic mass is 35.5. The van der Waals surface area contributed by atoms with Crippen LogP contribution in [-0.2, 0) is 17.8 Å². The molecule has 148 valence electrons. The molecule has 3 rings (SSSR count). The molecule has 0 spiro atoms. The first-order valence-corrected chi connectivity index (χ1v) is 10.1. The van der Waals surface area contributed by atoms with Crippen LogP contribution >= 0.6 is 34.8 Å². The van der Waals surface area contributed by atoms with Gasteiger partial charge in [0, 0.05) is 12.0 Å². The van der Waals surface area contributed by atoms with Gasteiger partial charge in [-0.25, -0.2) is 9.97 Å². The van der Waals surface area contributed by atoms with Gasteiger partial charge in [0.05, 0.1) is 29.0 Å². The van der Waals surface area contributed by atoms with Crippen molar-refractivity contribution in [3.63, 3.8) is 0 Å². The highest BCUT2D eigenvalue weighted by Gasteiger charge is 2.17. The average Bonchev–Trinajstić information content (AvgIpc) is 2.70. The third-order valence-electron chi connectivity index (χ3n) is 4.26. The van der Waals surface area contributed by atoms with E-state index >= 15 is 0 Å². The van der Waals surface area contributed by atoms with Crippen LogP contribution in [0, 0.1) is 17.2 Å². The number of hydrogen-bond donors (Lipinski definition) is 0. The zero-order chi connectivity index (χ0) is 20.8. The lowest BCUT2D eigenvalue weighted by atomic mass is 10.1. The largest absolute Gasteiger partial charge is 0.376 e. The maximum Gasteiger partial charge on any atom is 0.151 e. The summed E-state index contributed by atoms with van der Waals surface area (Å²) in [5.41, 5.74) is 2.44. The second-order valence-electron chi connectivity index (χ2n) is 6.70. The lowest BCUT2D eigenvalue weighted by Gasteiger charge is -2.13. The van der Waals surface area contributed by atoms with E-state index < -0.39 is 0 Å². The van der Waals surface area contributed by atoms with Crippen LogP contribution in [0.15, 0.2) is 48.5 Å². The maximum atomic E-state index is 9.49. The number of nitriles is 1. The predicted octanol–water partition coefficient (Wildman–Crippen LogP) is 6.37. The molecule has 0 aliphatic rings. The summed E-state index contributed by atoms with van der Waals surface area (Å²) >= 11 is 18.4. The van der Waals surface area contributed by atoms with Crippen molar-refractivity contribution >= 4 is 34.8 Å². The van der Waals surface area contributed by atoms with E-state index in [4.69, 9.17) is 39.5 Å². The summed E-state index contributed by atoms with van der Waals surface area (Å²) in [6.07, 6.45) is 0.564. The van der Waals surface area contributed by atoms with Gasteiger partial charge in [-0.1, -0.05) is 78.1 Å². The Bertz CT molecular complexity index is 1040. The third kappa shape index (κ3) is 5.68. The van der Waals surface area contributed by atoms with E-state index in [2.05, 4.69) is 23.0 Å². The fourth-order valence-electron chi connectivity index (χ4n) is 2.84. The molecule has 1 atom stereocenters. The van der Waals surface area contributed by atoms with Gasteiger partial charge in [-0.3, -0.25) is 0 Å². The molecule has 3 aromatic rings. The van der Waals surface area contributed by atoms with Crippen LogP contribution in [0.1, 0.15) is 23.9 Å². The highest BCUT2D eigenvalue weighted by Crippen LogP contribution is 2.31. The van der Waals surface area contributed by atoms with Crippen LogP contribution in [-0.4, -0.2) is 16.6 Å². The van der Waals surface area contributed by atoms with Crippen molar-refractivity contribution in [2.45, 2.75) is 20.0 Å². The maximum absolute atomic E-state index is 9.49. The van der Waals surface area contributed by atoms with Crippen molar-refractivity contribution in [1.82, 2.24) is 9.97 Å². The van der Waals surface area contributed by atoms with Crippen LogP contribution in [0.3, 0.4) is 0 Å². The SMILES string of the molecule is C[C@H](COCc1ccccc1)Cc1nc(Cl)c(C#N)c(-c2ccc(Cl)c(Cl)c2)n1. The lowest BCUT2D eigenvalue weighted by Crippen LogP contribution is -2.12. The molecule has 4 nitrogen and oxygen atoms in total. The fourth-order valence-corrected chi connectivity index (χ4v) is 3.37. The summed E-state index contributed by atoms with van der Waals surface area (Å²) in [7, 11) is 0. The number of aromatic nitrogens is 2. The van der Waals surface area contributed by atoms with Crippen molar-refractivity contribution in [3.8, 4) is 17.3 Å². The van der Waals surface area contributed by atoms with Crippen molar-refractivity contribution in [3.05, 3.63) is 80.7 Å². The second-order valence-corrected chi connectivity index (χ2v) is 7.88. The standard InChI is InChI=1S/C22H18Cl3N3O/c1-14(12-29-13-15-5-3-2-4-6-15)9-20-27-21(17(11-26)22(25)28-20)16-7-8-18(23)19(24)10-16/h2-8,10,14H,9,12-13H2,1H3/t14-/m0/s1. The number of hydrogen-bond acceptors (Lipinski definition) is 4. The molecule has 0 amide bonds. The molecule has 0 aliphatic carbocycles. The Kier molecular flexibility index (Phi) is 7.46. The Morgan fingerprint density at radius 1 is 1.03 bits per heavy atom. The minimum Gasteiger partial charge on any atom is -0.376 e. The first-order valence-electron chi connectivity index (χ1n) is 9.01. The highest BCUT2D eigenvalue weighted by molar-refractivity contribution is 6.42. The normalized spacial score (nSPS) is 11.8. The van der Waals surface area contributed by atoms with E-state index in [0.29, 0.717) is 46.8 Å². The van der Waals surface area contributed by atoms with Gasteiger partial charge >= 0.3 is 0 Å². The van der Waals surface area contributed by atoms with Gasteiger partial charge in [0.25, 0.3) is 0 Å². The third-order valence-corrected chi connectivity index (χ3v) is 5.27. The zero-order valence-corrected chi connectivity index (χ0v) is 18.0. The van der Waals surface area contributed by atoms with Crippen molar-refractivity contribution < 1.29 is 4.74 Å². The molecular weight excluding hydrogens is 429 g/mol. The monoisotopic (exact) mass is 445 g/mol. The number of rotatable bonds is 7. The molecule has 1 aromatic heterocycles. The van der Waals surface area contributed by atoms with Crippen LogP contribution in [0.5, 0.6) is 0 Å². The van der Waals surface area contributed by atoms with Gasteiger partial charge in [0.1, 0.15) is 17.5 Å². The summed E-state index contributed by atoms with van der Waals surface area (Å²) in [4.78, 5) is 8.87. The number of ether oxygens (including phenoxy) is 1. The van der Waals surface area contributed by atoms with Crippen molar-refractivity contribution in [2.75, 3.05) is 6.61 Å². The van der Waals surface area contributed by atoms with Gasteiger partial charge in [0.2, 0.25) is 0 Å². The Hall–Kier alpha value is -2.16. The number of halogens is 3. The van der Waals surface area contributed by atoms with Crippen LogP contribution in [0.4, 0.5) is 0 Å². The van der Waals surface area contributed by atoms with Crippen molar-refractivity contribution in [1.29, 1.82) is 5.26 Å². The molecule has 7 heteroatoms. The Balaban J connectivity index is 1.75. The van der Waals surface area contributed by atoms with Gasteiger partial charge in [-0.2, -0.15) is 5.26 Å². The molecule has 29 heavy (non-hydrogen) atoms. The van der Waals surface area contributed by atoms with Crippen LogP contribution < -0.4 is 0 Å². The summed E-state index contributed by atoms with van der Waals surface area (Å²) in [5, 5.41) is 10.4. The first kappa shape index (κ1) is 21.5. The van der Waals surface area contributed by atoms with E-state index in [-0.39, 0.29) is 16.6 Å². The first-order chi connectivity index (χ1) is 14.0. The Morgan fingerprint density at radius 3 is 2.48 bits per heavy atom. The van der Waals surface area contributed by atoms with Gasteiger partial charge in [-0.05, 0) is 23.6 Å². The minimum absolute atomic E-state index is 0.121.